The first kappa shape index (κ1) is 27.0. The number of hydrogen-bond donors (Lipinski definition) is 2. The minimum absolute atomic E-state index is 0.0595. The summed E-state index contributed by atoms with van der Waals surface area (Å²) in [5.41, 5.74) is -0.125. The van der Waals surface area contributed by atoms with Gasteiger partial charge in [-0.25, -0.2) is 0 Å². The predicted octanol–water partition coefficient (Wildman–Crippen LogP) is 7.08. The van der Waals surface area contributed by atoms with Crippen LogP contribution in [-0.2, 0) is 9.59 Å². The van der Waals surface area contributed by atoms with Gasteiger partial charge in [0.25, 0.3) is 0 Å². The second-order valence-corrected chi connectivity index (χ2v) is 16.9. The average Bonchev–Trinajstić information content (AvgIpc) is 3.20. The van der Waals surface area contributed by atoms with E-state index in [-0.39, 0.29) is 22.7 Å². The van der Waals surface area contributed by atoms with Gasteiger partial charge in [0.05, 0.1) is 5.60 Å². The topological polar surface area (TPSA) is 66.4 Å². The molecule has 8 aliphatic carbocycles. The monoisotopic (exact) mass is 537 g/mol. The first-order chi connectivity index (χ1) is 18.5. The van der Waals surface area contributed by atoms with E-state index in [2.05, 4.69) is 26.1 Å². The summed E-state index contributed by atoms with van der Waals surface area (Å²) < 4.78 is 0. The third kappa shape index (κ3) is 4.30. The van der Waals surface area contributed by atoms with E-state index in [1.165, 1.54) is 57.8 Å². The van der Waals surface area contributed by atoms with Gasteiger partial charge in [-0.3, -0.25) is 9.59 Å². The van der Waals surface area contributed by atoms with Gasteiger partial charge in [-0.2, -0.15) is 0 Å². The normalized spacial score (nSPS) is 52.6. The molecule has 0 aromatic carbocycles. The Balaban J connectivity index is 0.974. The van der Waals surface area contributed by atoms with Gasteiger partial charge in [-0.1, -0.05) is 20.8 Å². The maximum absolute atomic E-state index is 13.5. The van der Waals surface area contributed by atoms with E-state index in [9.17, 15) is 14.7 Å². The number of ketones is 1. The number of carbonyl (C=O) groups excluding carboxylic acids is 2. The Morgan fingerprint density at radius 1 is 0.923 bits per heavy atom. The van der Waals surface area contributed by atoms with Crippen molar-refractivity contribution in [2.45, 2.75) is 136 Å². The third-order valence-electron chi connectivity index (χ3n) is 14.8. The molecule has 1 amide bonds. The van der Waals surface area contributed by atoms with E-state index >= 15 is 0 Å². The SMILES string of the molecule is CCC(CC12CC3CC(CC(C3)C1)C2)C(=O)NC[C@@]1(O)CC[C@@]2(C)[C@@H](CC[C@@H]3[C@@H]2CC[C@]2(C)C(=O)CC[C@@H]32)C1. The molecule has 0 heterocycles. The fourth-order valence-corrected chi connectivity index (χ4v) is 13.1. The molecular formula is C35H55NO3. The second kappa shape index (κ2) is 9.30. The number of rotatable bonds is 6. The van der Waals surface area contributed by atoms with Gasteiger partial charge in [0.2, 0.25) is 5.91 Å². The van der Waals surface area contributed by atoms with Crippen LogP contribution in [0.15, 0.2) is 0 Å². The first-order valence-electron chi connectivity index (χ1n) is 17.1. The van der Waals surface area contributed by atoms with Crippen LogP contribution >= 0.6 is 0 Å². The van der Waals surface area contributed by atoms with Gasteiger partial charge in [-0.15, -0.1) is 0 Å². The molecule has 8 fully saturated rings. The lowest BCUT2D eigenvalue weighted by atomic mass is 9.44. The van der Waals surface area contributed by atoms with E-state index in [4.69, 9.17) is 0 Å². The molecule has 8 saturated carbocycles. The lowest BCUT2D eigenvalue weighted by Crippen LogP contribution is -2.58. The van der Waals surface area contributed by atoms with E-state index in [0.29, 0.717) is 41.4 Å². The van der Waals surface area contributed by atoms with E-state index < -0.39 is 5.60 Å². The smallest absolute Gasteiger partial charge is 0.223 e. The van der Waals surface area contributed by atoms with Crippen LogP contribution in [0.4, 0.5) is 0 Å². The van der Waals surface area contributed by atoms with Crippen molar-refractivity contribution in [3.8, 4) is 0 Å². The largest absolute Gasteiger partial charge is 0.388 e. The molecule has 8 atom stereocenters. The molecule has 1 unspecified atom stereocenters. The fraction of sp³-hybridized carbons (Fsp3) is 0.943. The Labute approximate surface area is 237 Å². The number of fused-ring (bicyclic) bond motifs is 5. The quantitative estimate of drug-likeness (QED) is 0.380. The van der Waals surface area contributed by atoms with Crippen LogP contribution in [0, 0.1) is 63.6 Å². The summed E-state index contributed by atoms with van der Waals surface area (Å²) in [5, 5.41) is 15.1. The number of hydrogen-bond acceptors (Lipinski definition) is 3. The van der Waals surface area contributed by atoms with E-state index in [1.54, 1.807) is 0 Å². The zero-order chi connectivity index (χ0) is 27.2. The molecule has 0 aromatic rings. The van der Waals surface area contributed by atoms with Gasteiger partial charge < -0.3 is 10.4 Å². The van der Waals surface area contributed by atoms with Crippen molar-refractivity contribution in [1.29, 1.82) is 0 Å². The maximum Gasteiger partial charge on any atom is 0.223 e. The number of nitrogens with one attached hydrogen (secondary N) is 1. The average molecular weight is 538 g/mol. The minimum Gasteiger partial charge on any atom is -0.388 e. The van der Waals surface area contributed by atoms with Crippen molar-refractivity contribution in [3.05, 3.63) is 0 Å². The van der Waals surface area contributed by atoms with Gasteiger partial charge in [0.1, 0.15) is 5.78 Å². The molecule has 39 heavy (non-hydrogen) atoms. The minimum atomic E-state index is -0.766. The second-order valence-electron chi connectivity index (χ2n) is 16.9. The van der Waals surface area contributed by atoms with Gasteiger partial charge in [-0.05, 0) is 155 Å². The Morgan fingerprint density at radius 2 is 1.62 bits per heavy atom. The number of aliphatic hydroxyl groups is 1. The number of amides is 1. The van der Waals surface area contributed by atoms with Crippen LogP contribution in [0.3, 0.4) is 0 Å². The first-order valence-corrected chi connectivity index (χ1v) is 17.1. The van der Waals surface area contributed by atoms with Gasteiger partial charge in [0.15, 0.2) is 0 Å². The number of carbonyl (C=O) groups is 2. The molecule has 8 rings (SSSR count). The van der Waals surface area contributed by atoms with E-state index in [0.717, 1.165) is 69.1 Å². The predicted molar refractivity (Wildman–Crippen MR) is 154 cm³/mol. The van der Waals surface area contributed by atoms with Crippen molar-refractivity contribution in [2.24, 2.45) is 63.6 Å². The van der Waals surface area contributed by atoms with Gasteiger partial charge >= 0.3 is 0 Å². The summed E-state index contributed by atoms with van der Waals surface area (Å²) in [5.74, 6) is 6.12. The standard InChI is InChI=1S/C35H55NO3/c1-4-25(19-34-16-22-13-23(17-34)15-24(14-22)18-34)31(38)36-21-35(39)12-11-32(2)26(20-35)5-6-27-28-7-8-30(37)33(28,3)10-9-29(27)32/h22-29,39H,4-21H2,1-3H3,(H,36,38)/t22?,23?,24?,25?,26-,27-,28-,29-,32-,33-,34?,35+/m0/s1. The molecular weight excluding hydrogens is 482 g/mol. The molecule has 0 radical (unpaired) electrons. The highest BCUT2D eigenvalue weighted by atomic mass is 16.3. The van der Waals surface area contributed by atoms with Gasteiger partial charge in [0, 0.05) is 24.3 Å². The summed E-state index contributed by atoms with van der Waals surface area (Å²) in [4.78, 5) is 26.3. The molecule has 0 aromatic heterocycles. The Morgan fingerprint density at radius 3 is 2.28 bits per heavy atom. The van der Waals surface area contributed by atoms with Crippen LogP contribution in [0.5, 0.6) is 0 Å². The highest BCUT2D eigenvalue weighted by Gasteiger charge is 2.61. The summed E-state index contributed by atoms with van der Waals surface area (Å²) in [6.45, 7) is 7.41. The van der Waals surface area contributed by atoms with Crippen LogP contribution in [0.1, 0.15) is 130 Å². The summed E-state index contributed by atoms with van der Waals surface area (Å²) in [6.07, 6.45) is 19.7. The van der Waals surface area contributed by atoms with Crippen molar-refractivity contribution in [1.82, 2.24) is 5.32 Å². The molecule has 0 spiro atoms. The molecule has 0 aliphatic heterocycles. The van der Waals surface area contributed by atoms with Crippen molar-refractivity contribution in [2.75, 3.05) is 6.54 Å². The third-order valence-corrected chi connectivity index (χ3v) is 14.8. The summed E-state index contributed by atoms with van der Waals surface area (Å²) >= 11 is 0. The number of Topliss-reactive ketones (excluding diaryl/α,β-unsaturated/α-hetero) is 1. The van der Waals surface area contributed by atoms with Crippen molar-refractivity contribution < 1.29 is 14.7 Å². The van der Waals surface area contributed by atoms with Crippen molar-refractivity contribution in [3.63, 3.8) is 0 Å². The van der Waals surface area contributed by atoms with Crippen molar-refractivity contribution >= 4 is 11.7 Å². The summed E-state index contributed by atoms with van der Waals surface area (Å²) in [7, 11) is 0. The molecule has 4 nitrogen and oxygen atoms in total. The highest BCUT2D eigenvalue weighted by molar-refractivity contribution is 5.87. The molecule has 4 heteroatoms. The lowest BCUT2D eigenvalue weighted by Gasteiger charge is -2.61. The zero-order valence-corrected chi connectivity index (χ0v) is 25.1. The Kier molecular flexibility index (Phi) is 6.43. The molecule has 4 bridgehead atoms. The lowest BCUT2D eigenvalue weighted by molar-refractivity contribution is -0.154. The summed E-state index contributed by atoms with van der Waals surface area (Å²) in [6, 6.07) is 0. The molecule has 8 aliphatic rings. The highest BCUT2D eigenvalue weighted by Crippen LogP contribution is 2.66. The van der Waals surface area contributed by atoms with Crippen LogP contribution < -0.4 is 5.32 Å². The molecule has 218 valence electrons. The van der Waals surface area contributed by atoms with Crippen LogP contribution in [0.2, 0.25) is 0 Å². The van der Waals surface area contributed by atoms with E-state index in [1.807, 2.05) is 0 Å². The van der Waals surface area contributed by atoms with Crippen LogP contribution in [-0.4, -0.2) is 28.9 Å². The maximum atomic E-state index is 13.5. The molecule has 2 N–H and O–H groups in total. The molecule has 0 saturated heterocycles. The van der Waals surface area contributed by atoms with Crippen LogP contribution in [0.25, 0.3) is 0 Å². The Hall–Kier alpha value is -0.900. The zero-order valence-electron chi connectivity index (χ0n) is 25.1. The fourth-order valence-electron chi connectivity index (χ4n) is 13.1. The Bertz CT molecular complexity index is 971.